The van der Waals surface area contributed by atoms with E-state index in [-0.39, 0.29) is 25.1 Å². The SMILES string of the molecule is NCCCC[C@H](NC(=O)[C@H](CCC(=O)O)NC(=O)[C@H](CS)NC(=O)CNC(=O)CN)C(=O)O. The molecule has 0 bridgehead atoms. The van der Waals surface area contributed by atoms with Gasteiger partial charge in [-0.15, -0.1) is 0 Å². The van der Waals surface area contributed by atoms with Crippen LogP contribution in [0, 0.1) is 0 Å². The quantitative estimate of drug-likeness (QED) is 0.0717. The Labute approximate surface area is 196 Å². The molecule has 0 aliphatic rings. The Morgan fingerprint density at radius 2 is 1.39 bits per heavy atom. The molecule has 0 rings (SSSR count). The highest BCUT2D eigenvalue weighted by Crippen LogP contribution is 2.05. The maximum absolute atomic E-state index is 12.6. The van der Waals surface area contributed by atoms with Gasteiger partial charge in [-0.1, -0.05) is 0 Å². The molecule has 0 aromatic rings. The second kappa shape index (κ2) is 16.7. The van der Waals surface area contributed by atoms with Gasteiger partial charge in [0.05, 0.1) is 13.1 Å². The van der Waals surface area contributed by atoms with Crippen LogP contribution in [0.4, 0.5) is 0 Å². The van der Waals surface area contributed by atoms with Crippen LogP contribution in [-0.4, -0.2) is 89.3 Å². The number of hydrogen-bond acceptors (Lipinski definition) is 9. The molecule has 0 saturated heterocycles. The molecule has 33 heavy (non-hydrogen) atoms. The highest BCUT2D eigenvalue weighted by molar-refractivity contribution is 7.80. The maximum Gasteiger partial charge on any atom is 0.326 e. The number of nitrogens with one attached hydrogen (secondary N) is 4. The minimum absolute atomic E-state index is 0.0989. The number of rotatable bonds is 17. The van der Waals surface area contributed by atoms with E-state index in [9.17, 15) is 33.9 Å². The summed E-state index contributed by atoms with van der Waals surface area (Å²) in [6.07, 6.45) is 0.290. The van der Waals surface area contributed by atoms with Crippen molar-refractivity contribution in [3.63, 3.8) is 0 Å². The number of thiol groups is 1. The zero-order valence-corrected chi connectivity index (χ0v) is 18.9. The third-order valence-corrected chi connectivity index (χ3v) is 4.67. The predicted molar refractivity (Wildman–Crippen MR) is 119 cm³/mol. The largest absolute Gasteiger partial charge is 0.481 e. The van der Waals surface area contributed by atoms with Gasteiger partial charge in [0, 0.05) is 12.2 Å². The minimum Gasteiger partial charge on any atom is -0.481 e. The molecule has 0 radical (unpaired) electrons. The molecule has 0 spiro atoms. The van der Waals surface area contributed by atoms with Gasteiger partial charge >= 0.3 is 11.9 Å². The zero-order chi connectivity index (χ0) is 25.4. The molecule has 188 valence electrons. The summed E-state index contributed by atoms with van der Waals surface area (Å²) in [4.78, 5) is 70.6. The Hall–Kier alpha value is -2.91. The Bertz CT molecular complexity index is 707. The molecule has 10 N–H and O–H groups in total. The van der Waals surface area contributed by atoms with Crippen molar-refractivity contribution in [1.29, 1.82) is 0 Å². The average molecular weight is 493 g/mol. The smallest absolute Gasteiger partial charge is 0.326 e. The van der Waals surface area contributed by atoms with Crippen molar-refractivity contribution >= 4 is 48.2 Å². The Morgan fingerprint density at radius 1 is 0.788 bits per heavy atom. The second-order valence-corrected chi connectivity index (χ2v) is 7.33. The lowest BCUT2D eigenvalue weighted by atomic mass is 10.1. The molecular weight excluding hydrogens is 460 g/mol. The van der Waals surface area contributed by atoms with Gasteiger partial charge in [0.15, 0.2) is 0 Å². The van der Waals surface area contributed by atoms with Crippen molar-refractivity contribution in [3.05, 3.63) is 0 Å². The fourth-order valence-corrected chi connectivity index (χ4v) is 2.78. The van der Waals surface area contributed by atoms with Gasteiger partial charge in [-0.3, -0.25) is 24.0 Å². The first-order chi connectivity index (χ1) is 15.5. The van der Waals surface area contributed by atoms with Gasteiger partial charge in [0.2, 0.25) is 23.6 Å². The van der Waals surface area contributed by atoms with Gasteiger partial charge in [-0.2, -0.15) is 12.6 Å². The van der Waals surface area contributed by atoms with Crippen LogP contribution in [0.2, 0.25) is 0 Å². The average Bonchev–Trinajstić information content (AvgIpc) is 2.77. The molecule has 0 unspecified atom stereocenters. The zero-order valence-electron chi connectivity index (χ0n) is 18.0. The number of carbonyl (C=O) groups excluding carboxylic acids is 4. The van der Waals surface area contributed by atoms with Gasteiger partial charge in [0.1, 0.15) is 18.1 Å². The summed E-state index contributed by atoms with van der Waals surface area (Å²) in [5.74, 6) is -5.72. The van der Waals surface area contributed by atoms with E-state index in [2.05, 4.69) is 33.9 Å². The molecule has 0 aromatic heterocycles. The summed E-state index contributed by atoms with van der Waals surface area (Å²) < 4.78 is 0. The minimum atomic E-state index is -1.37. The van der Waals surface area contributed by atoms with E-state index < -0.39 is 66.7 Å². The van der Waals surface area contributed by atoms with Gasteiger partial charge in [0.25, 0.3) is 0 Å². The van der Waals surface area contributed by atoms with E-state index in [1.54, 1.807) is 0 Å². The molecule has 15 heteroatoms. The molecule has 0 aliphatic heterocycles. The number of nitrogens with two attached hydrogens (primary N) is 2. The maximum atomic E-state index is 12.6. The van der Waals surface area contributed by atoms with Crippen molar-refractivity contribution in [2.75, 3.05) is 25.4 Å². The number of aliphatic carboxylic acids is 2. The van der Waals surface area contributed by atoms with Crippen molar-refractivity contribution in [2.24, 2.45) is 11.5 Å². The Balaban J connectivity index is 5.19. The highest BCUT2D eigenvalue weighted by atomic mass is 32.1. The van der Waals surface area contributed by atoms with Crippen LogP contribution in [-0.2, 0) is 28.8 Å². The van der Waals surface area contributed by atoms with Crippen LogP contribution in [0.5, 0.6) is 0 Å². The first-order valence-corrected chi connectivity index (χ1v) is 10.8. The Kier molecular flexibility index (Phi) is 15.2. The molecule has 0 saturated carbocycles. The highest BCUT2D eigenvalue weighted by Gasteiger charge is 2.29. The van der Waals surface area contributed by atoms with Crippen LogP contribution >= 0.6 is 12.6 Å². The normalized spacial score (nSPS) is 13.2. The summed E-state index contributed by atoms with van der Waals surface area (Å²) >= 11 is 3.98. The topological polar surface area (TPSA) is 243 Å². The summed E-state index contributed by atoms with van der Waals surface area (Å²) in [5.41, 5.74) is 10.5. The van der Waals surface area contributed by atoms with E-state index in [1.165, 1.54) is 0 Å². The molecular formula is C18H32N6O8S. The summed E-state index contributed by atoms with van der Waals surface area (Å²) in [6, 6.07) is -3.84. The molecule has 0 aliphatic carbocycles. The molecule has 0 fully saturated rings. The lowest BCUT2D eigenvalue weighted by Gasteiger charge is -2.23. The lowest BCUT2D eigenvalue weighted by molar-refractivity contribution is -0.143. The third-order valence-electron chi connectivity index (χ3n) is 4.31. The number of carboxylic acids is 2. The van der Waals surface area contributed by atoms with Crippen LogP contribution < -0.4 is 32.7 Å². The first-order valence-electron chi connectivity index (χ1n) is 10.2. The van der Waals surface area contributed by atoms with Crippen LogP contribution in [0.25, 0.3) is 0 Å². The molecule has 14 nitrogen and oxygen atoms in total. The van der Waals surface area contributed by atoms with Crippen molar-refractivity contribution in [2.45, 2.75) is 50.2 Å². The lowest BCUT2D eigenvalue weighted by Crippen LogP contribution is -2.57. The van der Waals surface area contributed by atoms with E-state index in [4.69, 9.17) is 16.6 Å². The van der Waals surface area contributed by atoms with E-state index in [1.807, 2.05) is 0 Å². The second-order valence-electron chi connectivity index (χ2n) is 6.96. The molecule has 0 aromatic carbocycles. The van der Waals surface area contributed by atoms with Crippen molar-refractivity contribution in [1.82, 2.24) is 21.3 Å². The predicted octanol–water partition coefficient (Wildman–Crippen LogP) is -3.48. The first kappa shape index (κ1) is 30.1. The number of carbonyl (C=O) groups is 6. The number of hydrogen-bond donors (Lipinski definition) is 9. The van der Waals surface area contributed by atoms with Crippen LogP contribution in [0.3, 0.4) is 0 Å². The van der Waals surface area contributed by atoms with Gasteiger partial charge in [-0.25, -0.2) is 4.79 Å². The summed E-state index contributed by atoms with van der Waals surface area (Å²) in [5, 5.41) is 27.4. The van der Waals surface area contributed by atoms with E-state index >= 15 is 0 Å². The molecule has 4 amide bonds. The Morgan fingerprint density at radius 3 is 1.91 bits per heavy atom. The fraction of sp³-hybridized carbons (Fsp3) is 0.667. The molecule has 3 atom stereocenters. The third kappa shape index (κ3) is 13.3. The summed E-state index contributed by atoms with van der Waals surface area (Å²) in [7, 11) is 0. The number of unbranched alkanes of at least 4 members (excludes halogenated alkanes) is 1. The monoisotopic (exact) mass is 492 g/mol. The fourth-order valence-electron chi connectivity index (χ4n) is 2.52. The molecule has 0 heterocycles. The summed E-state index contributed by atoms with van der Waals surface area (Å²) in [6.45, 7) is -0.419. The van der Waals surface area contributed by atoms with Crippen LogP contribution in [0.1, 0.15) is 32.1 Å². The van der Waals surface area contributed by atoms with Crippen LogP contribution in [0.15, 0.2) is 0 Å². The number of amides is 4. The van der Waals surface area contributed by atoms with Gasteiger partial charge in [-0.05, 0) is 32.2 Å². The van der Waals surface area contributed by atoms with E-state index in [0.717, 1.165) is 0 Å². The van der Waals surface area contributed by atoms with Crippen molar-refractivity contribution in [3.8, 4) is 0 Å². The number of carboxylic acid groups (broad SMARTS) is 2. The van der Waals surface area contributed by atoms with E-state index in [0.29, 0.717) is 19.4 Å². The van der Waals surface area contributed by atoms with Gasteiger partial charge < -0.3 is 42.9 Å². The van der Waals surface area contributed by atoms with Crippen molar-refractivity contribution < 1.29 is 39.0 Å². The standard InChI is InChI=1S/C18H32N6O8S/c19-6-2-1-3-11(18(31)32)24-16(29)10(4-5-15(27)28)23-17(30)12(9-33)22-14(26)8-21-13(25)7-20/h10-12,33H,1-9,19-20H2,(H,21,25)(H,22,26)(H,23,30)(H,24,29)(H,27,28)(H,31,32)/t10-,11-,12-/m0/s1.